The molecule has 0 aromatic heterocycles. The lowest BCUT2D eigenvalue weighted by Gasteiger charge is -2.15. The largest absolute Gasteiger partial charge is 0.385 e. The summed E-state index contributed by atoms with van der Waals surface area (Å²) in [5.74, 6) is 0.0333. The predicted octanol–water partition coefficient (Wildman–Crippen LogP) is 2.13. The summed E-state index contributed by atoms with van der Waals surface area (Å²) in [7, 11) is 3.52. The number of anilines is 1. The Bertz CT molecular complexity index is 359. The number of rotatable bonds is 3. The van der Waals surface area contributed by atoms with Crippen LogP contribution in [0.4, 0.5) is 5.69 Å². The van der Waals surface area contributed by atoms with Gasteiger partial charge in [-0.15, -0.1) is 0 Å². The Labute approximate surface area is 91.1 Å². The van der Waals surface area contributed by atoms with Crippen molar-refractivity contribution in [2.75, 3.05) is 26.0 Å². The molecule has 82 valence electrons. The second-order valence-electron chi connectivity index (χ2n) is 3.78. The molecule has 0 spiro atoms. The van der Waals surface area contributed by atoms with Crippen LogP contribution in [0.5, 0.6) is 0 Å². The SMILES string of the molecule is CCNc1cc(C)ccc1C(=O)N(C)C. The number of benzene rings is 1. The summed E-state index contributed by atoms with van der Waals surface area (Å²) in [6.45, 7) is 4.86. The van der Waals surface area contributed by atoms with Gasteiger partial charge >= 0.3 is 0 Å². The molecule has 1 N–H and O–H groups in total. The number of hydrogen-bond acceptors (Lipinski definition) is 2. The molecule has 0 aliphatic carbocycles. The Morgan fingerprint density at radius 1 is 1.40 bits per heavy atom. The maximum Gasteiger partial charge on any atom is 0.255 e. The van der Waals surface area contributed by atoms with E-state index in [-0.39, 0.29) is 5.91 Å². The molecule has 0 bridgehead atoms. The fourth-order valence-electron chi connectivity index (χ4n) is 1.42. The van der Waals surface area contributed by atoms with E-state index in [1.807, 2.05) is 32.0 Å². The molecule has 0 saturated carbocycles. The molecule has 1 amide bonds. The minimum Gasteiger partial charge on any atom is -0.385 e. The maximum atomic E-state index is 11.8. The normalized spacial score (nSPS) is 9.87. The van der Waals surface area contributed by atoms with E-state index in [4.69, 9.17) is 0 Å². The van der Waals surface area contributed by atoms with E-state index in [2.05, 4.69) is 5.32 Å². The third kappa shape index (κ3) is 2.72. The fraction of sp³-hybridized carbons (Fsp3) is 0.417. The first-order valence-corrected chi connectivity index (χ1v) is 5.12. The number of nitrogens with zero attached hydrogens (tertiary/aromatic N) is 1. The van der Waals surface area contributed by atoms with Crippen molar-refractivity contribution >= 4 is 11.6 Å². The van der Waals surface area contributed by atoms with Gasteiger partial charge in [0.05, 0.1) is 5.56 Å². The zero-order valence-electron chi connectivity index (χ0n) is 9.79. The van der Waals surface area contributed by atoms with Crippen LogP contribution in [0.1, 0.15) is 22.8 Å². The van der Waals surface area contributed by atoms with Crippen molar-refractivity contribution in [1.82, 2.24) is 4.90 Å². The number of amides is 1. The Balaban J connectivity index is 3.10. The van der Waals surface area contributed by atoms with Gasteiger partial charge in [-0.25, -0.2) is 0 Å². The molecule has 1 rings (SSSR count). The van der Waals surface area contributed by atoms with Crippen LogP contribution in [0.3, 0.4) is 0 Å². The zero-order valence-corrected chi connectivity index (χ0v) is 9.79. The number of hydrogen-bond donors (Lipinski definition) is 1. The Kier molecular flexibility index (Phi) is 3.72. The van der Waals surface area contributed by atoms with Crippen molar-refractivity contribution in [2.45, 2.75) is 13.8 Å². The van der Waals surface area contributed by atoms with Crippen molar-refractivity contribution in [3.05, 3.63) is 29.3 Å². The van der Waals surface area contributed by atoms with Crippen molar-refractivity contribution < 1.29 is 4.79 Å². The molecule has 0 unspecified atom stereocenters. The third-order valence-corrected chi connectivity index (χ3v) is 2.18. The highest BCUT2D eigenvalue weighted by molar-refractivity contribution is 5.99. The quantitative estimate of drug-likeness (QED) is 0.821. The van der Waals surface area contributed by atoms with Gasteiger partial charge in [-0.2, -0.15) is 0 Å². The molecule has 3 heteroatoms. The first-order valence-electron chi connectivity index (χ1n) is 5.12. The van der Waals surface area contributed by atoms with Gasteiger partial charge in [0.25, 0.3) is 5.91 Å². The number of nitrogens with one attached hydrogen (secondary N) is 1. The van der Waals surface area contributed by atoms with E-state index < -0.39 is 0 Å². The smallest absolute Gasteiger partial charge is 0.255 e. The van der Waals surface area contributed by atoms with Gasteiger partial charge < -0.3 is 10.2 Å². The summed E-state index contributed by atoms with van der Waals surface area (Å²) >= 11 is 0. The first kappa shape index (κ1) is 11.6. The predicted molar refractivity (Wildman–Crippen MR) is 63.4 cm³/mol. The topological polar surface area (TPSA) is 32.3 Å². The standard InChI is InChI=1S/C12H18N2O/c1-5-13-11-8-9(2)6-7-10(11)12(15)14(3)4/h6-8,13H,5H2,1-4H3. The minimum absolute atomic E-state index is 0.0333. The van der Waals surface area contributed by atoms with Gasteiger partial charge in [0.15, 0.2) is 0 Å². The van der Waals surface area contributed by atoms with Gasteiger partial charge in [0.2, 0.25) is 0 Å². The van der Waals surface area contributed by atoms with Crippen molar-refractivity contribution in [3.63, 3.8) is 0 Å². The molecule has 0 aliphatic rings. The fourth-order valence-corrected chi connectivity index (χ4v) is 1.42. The van der Waals surface area contributed by atoms with E-state index in [0.717, 1.165) is 23.4 Å². The molecule has 1 aromatic rings. The maximum absolute atomic E-state index is 11.8. The minimum atomic E-state index is 0.0333. The Morgan fingerprint density at radius 3 is 2.60 bits per heavy atom. The van der Waals surface area contributed by atoms with Gasteiger partial charge in [0.1, 0.15) is 0 Å². The van der Waals surface area contributed by atoms with E-state index in [9.17, 15) is 4.79 Å². The lowest BCUT2D eigenvalue weighted by Crippen LogP contribution is -2.23. The average Bonchev–Trinajstić information content (AvgIpc) is 2.17. The van der Waals surface area contributed by atoms with Crippen LogP contribution in [0, 0.1) is 6.92 Å². The highest BCUT2D eigenvalue weighted by Crippen LogP contribution is 2.18. The molecule has 0 radical (unpaired) electrons. The molecule has 3 nitrogen and oxygen atoms in total. The summed E-state index contributed by atoms with van der Waals surface area (Å²) in [4.78, 5) is 13.4. The van der Waals surface area contributed by atoms with Crippen LogP contribution in [-0.4, -0.2) is 31.4 Å². The summed E-state index contributed by atoms with van der Waals surface area (Å²) < 4.78 is 0. The molecule has 0 aliphatic heterocycles. The summed E-state index contributed by atoms with van der Waals surface area (Å²) in [5, 5.41) is 3.21. The molecular formula is C12H18N2O. The third-order valence-electron chi connectivity index (χ3n) is 2.18. The lowest BCUT2D eigenvalue weighted by atomic mass is 10.1. The van der Waals surface area contributed by atoms with Gasteiger partial charge in [-0.3, -0.25) is 4.79 Å². The first-order chi connectivity index (χ1) is 7.06. The van der Waals surface area contributed by atoms with Crippen molar-refractivity contribution in [3.8, 4) is 0 Å². The van der Waals surface area contributed by atoms with E-state index >= 15 is 0 Å². The molecular weight excluding hydrogens is 188 g/mol. The molecule has 15 heavy (non-hydrogen) atoms. The van der Waals surface area contributed by atoms with Crippen LogP contribution >= 0.6 is 0 Å². The van der Waals surface area contributed by atoms with Gasteiger partial charge in [0, 0.05) is 26.3 Å². The van der Waals surface area contributed by atoms with Crippen LogP contribution < -0.4 is 5.32 Å². The molecule has 0 heterocycles. The van der Waals surface area contributed by atoms with E-state index in [1.54, 1.807) is 19.0 Å². The highest BCUT2D eigenvalue weighted by atomic mass is 16.2. The second kappa shape index (κ2) is 4.82. The van der Waals surface area contributed by atoms with Crippen LogP contribution in [0.15, 0.2) is 18.2 Å². The zero-order chi connectivity index (χ0) is 11.4. The molecule has 0 saturated heterocycles. The van der Waals surface area contributed by atoms with E-state index in [0.29, 0.717) is 0 Å². The number of aryl methyl sites for hydroxylation is 1. The van der Waals surface area contributed by atoms with Crippen LogP contribution in [-0.2, 0) is 0 Å². The van der Waals surface area contributed by atoms with E-state index in [1.165, 1.54) is 0 Å². The highest BCUT2D eigenvalue weighted by Gasteiger charge is 2.12. The molecule has 1 aromatic carbocycles. The summed E-state index contributed by atoms with van der Waals surface area (Å²) in [6.07, 6.45) is 0. The van der Waals surface area contributed by atoms with Gasteiger partial charge in [-0.1, -0.05) is 6.07 Å². The van der Waals surface area contributed by atoms with Crippen molar-refractivity contribution in [1.29, 1.82) is 0 Å². The van der Waals surface area contributed by atoms with Crippen molar-refractivity contribution in [2.24, 2.45) is 0 Å². The monoisotopic (exact) mass is 206 g/mol. The van der Waals surface area contributed by atoms with Crippen LogP contribution in [0.25, 0.3) is 0 Å². The Hall–Kier alpha value is -1.51. The molecule has 0 atom stereocenters. The molecule has 0 fully saturated rings. The Morgan fingerprint density at radius 2 is 2.07 bits per heavy atom. The summed E-state index contributed by atoms with van der Waals surface area (Å²) in [6, 6.07) is 5.83. The average molecular weight is 206 g/mol. The van der Waals surface area contributed by atoms with Gasteiger partial charge in [-0.05, 0) is 31.5 Å². The second-order valence-corrected chi connectivity index (χ2v) is 3.78. The number of carbonyl (C=O) groups is 1. The number of carbonyl (C=O) groups excluding carboxylic acids is 1. The lowest BCUT2D eigenvalue weighted by molar-refractivity contribution is 0.0828. The summed E-state index contributed by atoms with van der Waals surface area (Å²) in [5.41, 5.74) is 2.80. The van der Waals surface area contributed by atoms with Crippen LogP contribution in [0.2, 0.25) is 0 Å².